The lowest BCUT2D eigenvalue weighted by atomic mass is 10.0. The molecular weight excluding hydrogens is 392 g/mol. The fourth-order valence-electron chi connectivity index (χ4n) is 3.82. The van der Waals surface area contributed by atoms with Gasteiger partial charge in [0.25, 0.3) is 0 Å². The van der Waals surface area contributed by atoms with Crippen molar-refractivity contribution in [2.24, 2.45) is 0 Å². The summed E-state index contributed by atoms with van der Waals surface area (Å²) in [4.78, 5) is 11.0. The molecule has 0 bridgehead atoms. The Kier molecular flexibility index (Phi) is 26.6. The van der Waals surface area contributed by atoms with Crippen molar-refractivity contribution in [3.8, 4) is 0 Å². The van der Waals surface area contributed by atoms with E-state index in [1.54, 1.807) is 0 Å². The molecule has 0 aliphatic carbocycles. The molecule has 0 saturated heterocycles. The van der Waals surface area contributed by atoms with E-state index in [4.69, 9.17) is 0 Å². The summed E-state index contributed by atoms with van der Waals surface area (Å²) in [5, 5.41) is 0. The molecule has 0 heterocycles. The van der Waals surface area contributed by atoms with E-state index < -0.39 is 0 Å². The first-order valence-corrected chi connectivity index (χ1v) is 13.8. The Hall–Kier alpha value is -1.31. The molecule has 0 aliphatic heterocycles. The Morgan fingerprint density at radius 3 is 1.25 bits per heavy atom. The molecule has 32 heavy (non-hydrogen) atoms. The van der Waals surface area contributed by atoms with Crippen LogP contribution in [0.25, 0.3) is 0 Å². The number of rotatable bonds is 24. The summed E-state index contributed by atoms with van der Waals surface area (Å²) >= 11 is 0. The molecule has 0 atom stereocenters. The van der Waals surface area contributed by atoms with Crippen molar-refractivity contribution in [3.63, 3.8) is 0 Å². The highest BCUT2D eigenvalue weighted by Crippen LogP contribution is 2.12. The molecular formula is C30H54O2. The van der Waals surface area contributed by atoms with E-state index >= 15 is 0 Å². The van der Waals surface area contributed by atoms with Crippen molar-refractivity contribution >= 4 is 5.97 Å². The summed E-state index contributed by atoms with van der Waals surface area (Å²) in [6.07, 6.45) is 40.4. The van der Waals surface area contributed by atoms with Gasteiger partial charge in [0.2, 0.25) is 0 Å². The zero-order valence-corrected chi connectivity index (χ0v) is 21.6. The van der Waals surface area contributed by atoms with Gasteiger partial charge in [-0.05, 0) is 64.2 Å². The molecule has 0 fully saturated rings. The monoisotopic (exact) mass is 446 g/mol. The molecule has 0 amide bonds. The average molecular weight is 447 g/mol. The second kappa shape index (κ2) is 27.7. The van der Waals surface area contributed by atoms with E-state index in [2.05, 4.69) is 48.1 Å². The normalized spacial score (nSPS) is 11.9. The second-order valence-corrected chi connectivity index (χ2v) is 9.07. The zero-order chi connectivity index (χ0) is 23.4. The summed E-state index contributed by atoms with van der Waals surface area (Å²) in [5.41, 5.74) is 0. The van der Waals surface area contributed by atoms with E-state index in [0.29, 0.717) is 6.42 Å². The summed E-state index contributed by atoms with van der Waals surface area (Å²) in [7, 11) is 1.45. The van der Waals surface area contributed by atoms with Crippen LogP contribution >= 0.6 is 0 Å². The number of methoxy groups -OCH3 is 1. The van der Waals surface area contributed by atoms with Crippen molar-refractivity contribution in [1.82, 2.24) is 0 Å². The number of carbonyl (C=O) groups excluding carboxylic acids is 1. The molecule has 0 unspecified atom stereocenters. The minimum absolute atomic E-state index is 0.108. The molecule has 0 radical (unpaired) electrons. The summed E-state index contributed by atoms with van der Waals surface area (Å²) in [6, 6.07) is 0. The lowest BCUT2D eigenvalue weighted by molar-refractivity contribution is -0.140. The standard InChI is InChI=1S/C30H54O2/c1-3-4-5-6-7-8-9-10-11-12-13-14-15-16-17-18-19-20-21-22-23-24-25-26-27-28-29-30(31)32-2/h7-8,21-22,25-26H,3-6,9-20,23-24,27-29H2,1-2H3/b8-7+,22-21+,26-25+. The number of hydrogen-bond donors (Lipinski definition) is 0. The molecule has 2 heteroatoms. The van der Waals surface area contributed by atoms with Crippen molar-refractivity contribution in [2.75, 3.05) is 7.11 Å². The van der Waals surface area contributed by atoms with Crippen LogP contribution in [0.3, 0.4) is 0 Å². The van der Waals surface area contributed by atoms with Gasteiger partial charge in [-0.15, -0.1) is 0 Å². The van der Waals surface area contributed by atoms with Gasteiger partial charge in [0.05, 0.1) is 7.11 Å². The molecule has 0 rings (SSSR count). The number of esters is 1. The minimum atomic E-state index is -0.108. The topological polar surface area (TPSA) is 26.3 Å². The first kappa shape index (κ1) is 30.7. The molecule has 0 aromatic rings. The van der Waals surface area contributed by atoms with Gasteiger partial charge >= 0.3 is 5.97 Å². The maximum atomic E-state index is 11.0. The number of hydrogen-bond acceptors (Lipinski definition) is 2. The van der Waals surface area contributed by atoms with Crippen molar-refractivity contribution < 1.29 is 9.53 Å². The predicted octanol–water partition coefficient (Wildman–Crippen LogP) is 10.0. The van der Waals surface area contributed by atoms with Crippen LogP contribution in [0.4, 0.5) is 0 Å². The zero-order valence-electron chi connectivity index (χ0n) is 21.6. The van der Waals surface area contributed by atoms with Crippen molar-refractivity contribution in [2.45, 2.75) is 142 Å². The highest BCUT2D eigenvalue weighted by Gasteiger charge is 1.96. The van der Waals surface area contributed by atoms with Gasteiger partial charge in [-0.1, -0.05) is 108 Å². The van der Waals surface area contributed by atoms with Gasteiger partial charge in [-0.25, -0.2) is 0 Å². The fraction of sp³-hybridized carbons (Fsp3) is 0.767. The third-order valence-electron chi connectivity index (χ3n) is 5.95. The third-order valence-corrected chi connectivity index (χ3v) is 5.95. The van der Waals surface area contributed by atoms with E-state index in [1.165, 1.54) is 110 Å². The summed E-state index contributed by atoms with van der Waals surface area (Å²) < 4.78 is 4.63. The molecule has 0 aromatic heterocycles. The highest BCUT2D eigenvalue weighted by atomic mass is 16.5. The van der Waals surface area contributed by atoms with Crippen molar-refractivity contribution in [3.05, 3.63) is 36.5 Å². The van der Waals surface area contributed by atoms with E-state index in [9.17, 15) is 4.79 Å². The van der Waals surface area contributed by atoms with Crippen LogP contribution in [0.5, 0.6) is 0 Å². The van der Waals surface area contributed by atoms with E-state index in [0.717, 1.165) is 25.7 Å². The van der Waals surface area contributed by atoms with Gasteiger partial charge in [-0.3, -0.25) is 4.79 Å². The van der Waals surface area contributed by atoms with Crippen LogP contribution in [-0.2, 0) is 9.53 Å². The van der Waals surface area contributed by atoms with Crippen LogP contribution in [-0.4, -0.2) is 13.1 Å². The molecule has 0 spiro atoms. The van der Waals surface area contributed by atoms with E-state index in [1.807, 2.05) is 0 Å². The Balaban J connectivity index is 3.19. The van der Waals surface area contributed by atoms with Gasteiger partial charge in [0.15, 0.2) is 0 Å². The summed E-state index contributed by atoms with van der Waals surface area (Å²) in [6.45, 7) is 2.27. The first-order chi connectivity index (χ1) is 15.8. The molecule has 0 aliphatic rings. The van der Waals surface area contributed by atoms with Gasteiger partial charge in [-0.2, -0.15) is 0 Å². The molecule has 0 aromatic carbocycles. The lowest BCUT2D eigenvalue weighted by Crippen LogP contribution is -1.98. The maximum absolute atomic E-state index is 11.0. The SMILES string of the molecule is CCCCC/C=C/CCCCCCCCCCCC/C=C/CC/C=C/CCCC(=O)OC. The number of allylic oxidation sites excluding steroid dienone is 6. The Morgan fingerprint density at radius 2 is 0.844 bits per heavy atom. The van der Waals surface area contributed by atoms with Crippen molar-refractivity contribution in [1.29, 1.82) is 0 Å². The Morgan fingerprint density at radius 1 is 0.500 bits per heavy atom. The van der Waals surface area contributed by atoms with Crippen LogP contribution in [0.2, 0.25) is 0 Å². The predicted molar refractivity (Wildman–Crippen MR) is 142 cm³/mol. The molecule has 0 saturated carbocycles. The van der Waals surface area contributed by atoms with Crippen LogP contribution in [0.1, 0.15) is 142 Å². The van der Waals surface area contributed by atoms with Gasteiger partial charge in [0.1, 0.15) is 0 Å². The third kappa shape index (κ3) is 26.7. The largest absolute Gasteiger partial charge is 0.469 e. The van der Waals surface area contributed by atoms with Gasteiger partial charge in [0, 0.05) is 6.42 Å². The average Bonchev–Trinajstić information content (AvgIpc) is 2.81. The number of carbonyl (C=O) groups is 1. The Labute approximate surface area is 201 Å². The summed E-state index contributed by atoms with van der Waals surface area (Å²) in [5.74, 6) is -0.108. The first-order valence-electron chi connectivity index (χ1n) is 13.8. The second-order valence-electron chi connectivity index (χ2n) is 9.07. The minimum Gasteiger partial charge on any atom is -0.469 e. The number of ether oxygens (including phenoxy) is 1. The van der Waals surface area contributed by atoms with Crippen LogP contribution < -0.4 is 0 Å². The van der Waals surface area contributed by atoms with Crippen LogP contribution in [0, 0.1) is 0 Å². The molecule has 0 N–H and O–H groups in total. The highest BCUT2D eigenvalue weighted by molar-refractivity contribution is 5.69. The fourth-order valence-corrected chi connectivity index (χ4v) is 3.82. The maximum Gasteiger partial charge on any atom is 0.305 e. The van der Waals surface area contributed by atoms with Gasteiger partial charge < -0.3 is 4.74 Å². The Bertz CT molecular complexity index is 461. The lowest BCUT2D eigenvalue weighted by Gasteiger charge is -2.02. The molecule has 2 nitrogen and oxygen atoms in total. The smallest absolute Gasteiger partial charge is 0.305 e. The molecule has 186 valence electrons. The van der Waals surface area contributed by atoms with E-state index in [-0.39, 0.29) is 5.97 Å². The quantitative estimate of drug-likeness (QED) is 0.0837. The number of unbranched alkanes of at least 4 members (excludes halogenated alkanes) is 16. The van der Waals surface area contributed by atoms with Crippen LogP contribution in [0.15, 0.2) is 36.5 Å².